The number of amides is 1. The maximum absolute atomic E-state index is 13.3. The van der Waals surface area contributed by atoms with Crippen LogP contribution in [0, 0.1) is 23.2 Å². The molecule has 1 saturated heterocycles. The van der Waals surface area contributed by atoms with Crippen molar-refractivity contribution < 1.29 is 19.1 Å². The number of hydrogen-bond donors (Lipinski definition) is 0. The molecular formula is C25H29N3O5. The first-order valence-electron chi connectivity index (χ1n) is 11.0. The van der Waals surface area contributed by atoms with Crippen LogP contribution in [0.1, 0.15) is 41.8 Å². The van der Waals surface area contributed by atoms with Crippen molar-refractivity contribution in [2.75, 3.05) is 33.4 Å². The number of benzene rings is 1. The maximum atomic E-state index is 13.3. The van der Waals surface area contributed by atoms with Gasteiger partial charge in [0.05, 0.1) is 12.2 Å². The molecule has 0 radical (unpaired) electrons. The molecule has 8 nitrogen and oxygen atoms in total. The van der Waals surface area contributed by atoms with Gasteiger partial charge in [0.15, 0.2) is 12.4 Å². The summed E-state index contributed by atoms with van der Waals surface area (Å²) in [5, 5.41) is 9.33. The van der Waals surface area contributed by atoms with Crippen molar-refractivity contribution in [1.82, 2.24) is 9.47 Å². The lowest BCUT2D eigenvalue weighted by molar-refractivity contribution is -0.136. The van der Waals surface area contributed by atoms with Gasteiger partial charge in [0.2, 0.25) is 0 Å². The number of carbonyl (C=O) groups is 2. The van der Waals surface area contributed by atoms with Gasteiger partial charge in [0.25, 0.3) is 11.5 Å². The summed E-state index contributed by atoms with van der Waals surface area (Å²) in [5.74, 6) is 0.642. The molecule has 3 rings (SSSR count). The van der Waals surface area contributed by atoms with E-state index in [2.05, 4.69) is 13.8 Å². The molecule has 0 N–H and O–H groups in total. The smallest absolute Gasteiger partial charge is 0.268 e. The molecular weight excluding hydrogens is 422 g/mol. The molecule has 0 unspecified atom stereocenters. The number of ether oxygens (including phenoxy) is 2. The lowest BCUT2D eigenvalue weighted by Gasteiger charge is -2.34. The molecule has 1 fully saturated rings. The molecule has 0 saturated carbocycles. The second-order valence-electron chi connectivity index (χ2n) is 8.60. The maximum Gasteiger partial charge on any atom is 0.268 e. The number of hydrogen-bond acceptors (Lipinski definition) is 6. The Morgan fingerprint density at radius 2 is 1.88 bits per heavy atom. The molecule has 2 aromatic rings. The van der Waals surface area contributed by atoms with Crippen molar-refractivity contribution in [3.8, 4) is 11.8 Å². The van der Waals surface area contributed by atoms with Gasteiger partial charge in [-0.05, 0) is 36.5 Å². The number of likely N-dealkylation sites (tertiary alicyclic amines) is 1. The number of pyridine rings is 1. The number of ketones is 1. The summed E-state index contributed by atoms with van der Waals surface area (Å²) in [7, 11) is 1.51. The Morgan fingerprint density at radius 3 is 2.55 bits per heavy atom. The fraction of sp³-hybridized carbons (Fsp3) is 0.440. The monoisotopic (exact) mass is 451 g/mol. The molecule has 0 aliphatic carbocycles. The average molecular weight is 452 g/mol. The minimum Gasteiger partial charge on any atom is -0.483 e. The van der Waals surface area contributed by atoms with Crippen molar-refractivity contribution in [3.63, 3.8) is 0 Å². The van der Waals surface area contributed by atoms with Crippen LogP contribution in [0.4, 0.5) is 0 Å². The first kappa shape index (κ1) is 24.2. The standard InChI is InChI=1S/C25H29N3O5/c1-17-10-18(2)14-28(13-17)23(29)16-33-22-7-5-4-6-21(22)24(30)20-11-19(12-26)25(31)27(15-20)8-9-32-3/h4-7,11,15,17-18H,8-10,13-14,16H2,1-3H3/t17-,18+. The first-order chi connectivity index (χ1) is 15.8. The van der Waals surface area contributed by atoms with Crippen LogP contribution in [-0.2, 0) is 16.1 Å². The molecule has 1 amide bonds. The third-order valence-electron chi connectivity index (χ3n) is 5.71. The molecule has 1 aliphatic heterocycles. The summed E-state index contributed by atoms with van der Waals surface area (Å²) in [6.45, 7) is 5.97. The first-order valence-corrected chi connectivity index (χ1v) is 11.0. The highest BCUT2D eigenvalue weighted by Gasteiger charge is 2.26. The Hall–Kier alpha value is -3.44. The van der Waals surface area contributed by atoms with E-state index in [9.17, 15) is 19.6 Å². The molecule has 0 bridgehead atoms. The average Bonchev–Trinajstić information content (AvgIpc) is 2.81. The Morgan fingerprint density at radius 1 is 1.18 bits per heavy atom. The Balaban J connectivity index is 1.81. The van der Waals surface area contributed by atoms with E-state index in [1.54, 1.807) is 24.3 Å². The van der Waals surface area contributed by atoms with Gasteiger partial charge in [-0.1, -0.05) is 26.0 Å². The van der Waals surface area contributed by atoms with Gasteiger partial charge in [-0.15, -0.1) is 0 Å². The number of piperidine rings is 1. The second kappa shape index (κ2) is 10.9. The van der Waals surface area contributed by atoms with Crippen LogP contribution in [0.25, 0.3) is 0 Å². The number of nitrogens with zero attached hydrogens (tertiary/aromatic N) is 3. The van der Waals surface area contributed by atoms with Crippen molar-refractivity contribution in [1.29, 1.82) is 5.26 Å². The predicted octanol–water partition coefficient (Wildman–Crippen LogP) is 2.48. The summed E-state index contributed by atoms with van der Waals surface area (Å²) in [6, 6.07) is 9.79. The van der Waals surface area contributed by atoms with Gasteiger partial charge in [-0.25, -0.2) is 0 Å². The van der Waals surface area contributed by atoms with Crippen LogP contribution in [0.5, 0.6) is 5.75 Å². The minimum atomic E-state index is -0.480. The van der Waals surface area contributed by atoms with Crippen molar-refractivity contribution in [2.24, 2.45) is 11.8 Å². The quantitative estimate of drug-likeness (QED) is 0.572. The van der Waals surface area contributed by atoms with Crippen LogP contribution < -0.4 is 10.3 Å². The molecule has 33 heavy (non-hydrogen) atoms. The fourth-order valence-corrected chi connectivity index (χ4v) is 4.23. The van der Waals surface area contributed by atoms with Gasteiger partial charge in [0, 0.05) is 38.5 Å². The largest absolute Gasteiger partial charge is 0.483 e. The molecule has 1 aromatic heterocycles. The van der Waals surface area contributed by atoms with E-state index in [-0.39, 0.29) is 48.1 Å². The summed E-state index contributed by atoms with van der Waals surface area (Å²) in [6.07, 6.45) is 2.52. The van der Waals surface area contributed by atoms with E-state index < -0.39 is 11.3 Å². The minimum absolute atomic E-state index is 0.115. The van der Waals surface area contributed by atoms with E-state index in [1.807, 2.05) is 11.0 Å². The van der Waals surface area contributed by atoms with Gasteiger partial charge in [0.1, 0.15) is 17.4 Å². The third kappa shape index (κ3) is 5.88. The lowest BCUT2D eigenvalue weighted by Crippen LogP contribution is -2.44. The third-order valence-corrected chi connectivity index (χ3v) is 5.71. The summed E-state index contributed by atoms with van der Waals surface area (Å²) in [5.41, 5.74) is -0.167. The molecule has 1 aromatic carbocycles. The summed E-state index contributed by atoms with van der Waals surface area (Å²) < 4.78 is 12.1. The number of carbonyl (C=O) groups excluding carboxylic acids is 2. The highest BCUT2D eigenvalue weighted by Crippen LogP contribution is 2.23. The molecule has 8 heteroatoms. The topological polar surface area (TPSA) is 102 Å². The Kier molecular flexibility index (Phi) is 8.01. The number of methoxy groups -OCH3 is 1. The van der Waals surface area contributed by atoms with Crippen LogP contribution in [-0.4, -0.2) is 54.6 Å². The van der Waals surface area contributed by atoms with Crippen LogP contribution in [0.15, 0.2) is 41.3 Å². The Labute approximate surface area is 193 Å². The SMILES string of the molecule is COCCn1cc(C(=O)c2ccccc2OCC(=O)N2C[C@H](C)C[C@H](C)C2)cc(C#N)c1=O. The van der Waals surface area contributed by atoms with E-state index >= 15 is 0 Å². The van der Waals surface area contributed by atoms with Gasteiger partial charge in [-0.3, -0.25) is 14.4 Å². The molecule has 2 atom stereocenters. The zero-order valence-electron chi connectivity index (χ0n) is 19.2. The molecule has 1 aliphatic rings. The van der Waals surface area contributed by atoms with Crippen LogP contribution in [0.2, 0.25) is 0 Å². The van der Waals surface area contributed by atoms with Crippen molar-refractivity contribution >= 4 is 11.7 Å². The fourth-order valence-electron chi connectivity index (χ4n) is 4.23. The second-order valence-corrected chi connectivity index (χ2v) is 8.60. The highest BCUT2D eigenvalue weighted by atomic mass is 16.5. The van der Waals surface area contributed by atoms with Gasteiger partial charge in [-0.2, -0.15) is 5.26 Å². The normalized spacial score (nSPS) is 17.9. The molecule has 174 valence electrons. The van der Waals surface area contributed by atoms with Crippen LogP contribution >= 0.6 is 0 Å². The predicted molar refractivity (Wildman–Crippen MR) is 122 cm³/mol. The number of para-hydroxylation sites is 1. The van der Waals surface area contributed by atoms with E-state index in [0.29, 0.717) is 24.9 Å². The summed E-state index contributed by atoms with van der Waals surface area (Å²) >= 11 is 0. The Bertz CT molecular complexity index is 1110. The van der Waals surface area contributed by atoms with Crippen molar-refractivity contribution in [2.45, 2.75) is 26.8 Å². The van der Waals surface area contributed by atoms with E-state index in [1.165, 1.54) is 23.9 Å². The van der Waals surface area contributed by atoms with Crippen LogP contribution in [0.3, 0.4) is 0 Å². The summed E-state index contributed by atoms with van der Waals surface area (Å²) in [4.78, 5) is 40.2. The van der Waals surface area contributed by atoms with Gasteiger partial charge < -0.3 is 18.9 Å². The van der Waals surface area contributed by atoms with E-state index in [4.69, 9.17) is 9.47 Å². The van der Waals surface area contributed by atoms with Gasteiger partial charge >= 0.3 is 0 Å². The number of aromatic nitrogens is 1. The van der Waals surface area contributed by atoms with E-state index in [0.717, 1.165) is 6.42 Å². The molecule has 0 spiro atoms. The number of nitriles is 1. The lowest BCUT2D eigenvalue weighted by atomic mass is 9.92. The highest BCUT2D eigenvalue weighted by molar-refractivity contribution is 6.10. The number of rotatable bonds is 8. The zero-order chi connectivity index (χ0) is 24.0. The van der Waals surface area contributed by atoms with Crippen molar-refractivity contribution in [3.05, 3.63) is 63.6 Å². The zero-order valence-corrected chi connectivity index (χ0v) is 19.2. The molecule has 2 heterocycles.